The molecule has 31 heavy (non-hydrogen) atoms. The molecule has 150 valence electrons. The average molecular weight is 443 g/mol. The predicted molar refractivity (Wildman–Crippen MR) is 122 cm³/mol. The molecule has 6 rings (SSSR count). The van der Waals surface area contributed by atoms with E-state index < -0.39 is 0 Å². The molecule has 0 atom stereocenters. The molecule has 0 saturated heterocycles. The van der Waals surface area contributed by atoms with E-state index in [1.165, 1.54) is 27.2 Å². The van der Waals surface area contributed by atoms with E-state index in [2.05, 4.69) is 10.1 Å². The quantitative estimate of drug-likeness (QED) is 0.430. The summed E-state index contributed by atoms with van der Waals surface area (Å²) >= 11 is 2.73. The van der Waals surface area contributed by atoms with Crippen LogP contribution in [0.4, 0.5) is 5.69 Å². The lowest BCUT2D eigenvalue weighted by Crippen LogP contribution is -2.32. The SMILES string of the molecule is O=C1/C(=c2\sc3nc(-c4cccs4)nn3c2=O)c2ccccc2N1Cc1ccccc1. The minimum absolute atomic E-state index is 0.176. The summed E-state index contributed by atoms with van der Waals surface area (Å²) in [6.45, 7) is 0.442. The Morgan fingerprint density at radius 2 is 1.71 bits per heavy atom. The molecule has 0 aliphatic carbocycles. The molecule has 3 aromatic heterocycles. The summed E-state index contributed by atoms with van der Waals surface area (Å²) in [4.78, 5) is 34.3. The Labute approximate surface area is 184 Å². The lowest BCUT2D eigenvalue weighted by Gasteiger charge is -2.17. The monoisotopic (exact) mass is 442 g/mol. The number of carbonyl (C=O) groups excluding carboxylic acids is 1. The first kappa shape index (κ1) is 18.2. The van der Waals surface area contributed by atoms with Crippen LogP contribution in [0.2, 0.25) is 0 Å². The number of thiophene rings is 1. The van der Waals surface area contributed by atoms with Gasteiger partial charge in [0.1, 0.15) is 4.53 Å². The molecule has 0 radical (unpaired) electrons. The van der Waals surface area contributed by atoms with E-state index in [4.69, 9.17) is 0 Å². The molecule has 0 bridgehead atoms. The van der Waals surface area contributed by atoms with Crippen molar-refractivity contribution in [2.45, 2.75) is 6.54 Å². The van der Waals surface area contributed by atoms with Crippen LogP contribution in [0.3, 0.4) is 0 Å². The number of amides is 1. The second-order valence-electron chi connectivity index (χ2n) is 7.11. The maximum atomic E-state index is 13.5. The Hall–Kier alpha value is -3.62. The molecular weight excluding hydrogens is 428 g/mol. The van der Waals surface area contributed by atoms with Gasteiger partial charge in [-0.1, -0.05) is 65.9 Å². The standard InChI is InChI=1S/C23H14N4O2S2/c28-21-18(15-9-4-5-10-16(15)26(21)13-14-7-2-1-3-8-14)19-22(29)27-23(31-19)24-20(25-27)17-11-6-12-30-17/h1-12H,13H2/b19-18-. The van der Waals surface area contributed by atoms with E-state index in [-0.39, 0.29) is 11.5 Å². The summed E-state index contributed by atoms with van der Waals surface area (Å²) in [6, 6.07) is 21.3. The van der Waals surface area contributed by atoms with E-state index in [0.717, 1.165) is 21.7 Å². The van der Waals surface area contributed by atoms with E-state index >= 15 is 0 Å². The van der Waals surface area contributed by atoms with Crippen molar-refractivity contribution in [3.63, 3.8) is 0 Å². The third-order valence-corrected chi connectivity index (χ3v) is 7.13. The highest BCUT2D eigenvalue weighted by Gasteiger charge is 2.34. The molecule has 6 nitrogen and oxygen atoms in total. The molecule has 1 amide bonds. The Bertz CT molecular complexity index is 1550. The van der Waals surface area contributed by atoms with Crippen molar-refractivity contribution in [2.24, 2.45) is 0 Å². The first-order chi connectivity index (χ1) is 15.2. The second kappa shape index (κ2) is 6.97. The van der Waals surface area contributed by atoms with Crippen LogP contribution in [0.5, 0.6) is 0 Å². The van der Waals surface area contributed by atoms with Crippen LogP contribution in [0.15, 0.2) is 76.9 Å². The van der Waals surface area contributed by atoms with Gasteiger partial charge in [-0.2, -0.15) is 9.50 Å². The maximum absolute atomic E-state index is 13.5. The fourth-order valence-electron chi connectivity index (χ4n) is 3.82. The number of carbonyl (C=O) groups is 1. The number of fused-ring (bicyclic) bond motifs is 2. The highest BCUT2D eigenvalue weighted by atomic mass is 32.1. The second-order valence-corrected chi connectivity index (χ2v) is 9.04. The molecule has 0 saturated carbocycles. The van der Waals surface area contributed by atoms with Crippen molar-refractivity contribution in [2.75, 3.05) is 4.90 Å². The van der Waals surface area contributed by atoms with Crippen molar-refractivity contribution in [3.8, 4) is 10.7 Å². The highest BCUT2D eigenvalue weighted by molar-refractivity contribution is 7.15. The zero-order valence-corrected chi connectivity index (χ0v) is 17.7. The zero-order chi connectivity index (χ0) is 20.9. The molecule has 4 heterocycles. The average Bonchev–Trinajstić information content (AvgIpc) is 3.55. The van der Waals surface area contributed by atoms with Crippen LogP contribution in [0.25, 0.3) is 21.2 Å². The summed E-state index contributed by atoms with van der Waals surface area (Å²) in [5, 5.41) is 6.33. The van der Waals surface area contributed by atoms with Gasteiger partial charge in [-0.3, -0.25) is 9.59 Å². The summed E-state index contributed by atoms with van der Waals surface area (Å²) in [5.41, 5.74) is 2.71. The van der Waals surface area contributed by atoms with Gasteiger partial charge < -0.3 is 4.90 Å². The molecule has 0 fully saturated rings. The third-order valence-electron chi connectivity index (χ3n) is 5.23. The number of aromatic nitrogens is 3. The van der Waals surface area contributed by atoms with Crippen molar-refractivity contribution >= 4 is 44.8 Å². The number of hydrogen-bond donors (Lipinski definition) is 0. The van der Waals surface area contributed by atoms with E-state index in [0.29, 0.717) is 27.4 Å². The summed E-state index contributed by atoms with van der Waals surface area (Å²) in [6.07, 6.45) is 0. The van der Waals surface area contributed by atoms with Crippen LogP contribution in [-0.2, 0) is 11.3 Å². The van der Waals surface area contributed by atoms with Gasteiger partial charge in [-0.15, -0.1) is 16.4 Å². The lowest BCUT2D eigenvalue weighted by molar-refractivity contribution is -0.113. The minimum atomic E-state index is -0.310. The van der Waals surface area contributed by atoms with Gasteiger partial charge in [-0.25, -0.2) is 0 Å². The van der Waals surface area contributed by atoms with E-state index in [9.17, 15) is 9.59 Å². The van der Waals surface area contributed by atoms with Crippen LogP contribution in [-0.4, -0.2) is 20.5 Å². The van der Waals surface area contributed by atoms with Crippen LogP contribution < -0.4 is 15.0 Å². The Balaban J connectivity index is 1.53. The van der Waals surface area contributed by atoms with Crippen LogP contribution in [0.1, 0.15) is 11.1 Å². The number of para-hydroxylation sites is 1. The summed E-state index contributed by atoms with van der Waals surface area (Å²) < 4.78 is 1.68. The minimum Gasteiger partial charge on any atom is -0.303 e. The number of hydrogen-bond acceptors (Lipinski definition) is 6. The largest absolute Gasteiger partial charge is 0.303 e. The fourth-order valence-corrected chi connectivity index (χ4v) is 5.47. The fraction of sp³-hybridized carbons (Fsp3) is 0.0435. The number of rotatable bonds is 3. The first-order valence-corrected chi connectivity index (χ1v) is 11.3. The number of benzene rings is 2. The van der Waals surface area contributed by atoms with Gasteiger partial charge in [-0.05, 0) is 23.1 Å². The van der Waals surface area contributed by atoms with Crippen molar-refractivity contribution in [3.05, 3.63) is 98.1 Å². The number of thiazole rings is 1. The molecule has 8 heteroatoms. The van der Waals surface area contributed by atoms with Gasteiger partial charge in [0.15, 0.2) is 5.82 Å². The molecular formula is C23H14N4O2S2. The van der Waals surface area contributed by atoms with E-state index in [1.807, 2.05) is 72.1 Å². The maximum Gasteiger partial charge on any atom is 0.291 e. The number of anilines is 1. The zero-order valence-electron chi connectivity index (χ0n) is 16.1. The smallest absolute Gasteiger partial charge is 0.291 e. The van der Waals surface area contributed by atoms with Gasteiger partial charge in [0.05, 0.1) is 22.7 Å². The molecule has 1 aliphatic rings. The molecule has 5 aromatic rings. The van der Waals surface area contributed by atoms with Gasteiger partial charge in [0.2, 0.25) is 4.96 Å². The van der Waals surface area contributed by atoms with Crippen LogP contribution >= 0.6 is 22.7 Å². The third kappa shape index (κ3) is 2.83. The van der Waals surface area contributed by atoms with E-state index in [1.54, 1.807) is 4.90 Å². The summed E-state index contributed by atoms with van der Waals surface area (Å²) in [5.74, 6) is 0.351. The van der Waals surface area contributed by atoms with Crippen molar-refractivity contribution in [1.29, 1.82) is 0 Å². The number of nitrogens with zero attached hydrogens (tertiary/aromatic N) is 4. The van der Waals surface area contributed by atoms with Gasteiger partial charge in [0, 0.05) is 5.56 Å². The lowest BCUT2D eigenvalue weighted by atomic mass is 10.1. The molecule has 1 aliphatic heterocycles. The normalized spacial score (nSPS) is 15.1. The highest BCUT2D eigenvalue weighted by Crippen LogP contribution is 2.36. The van der Waals surface area contributed by atoms with Crippen LogP contribution in [0, 0.1) is 0 Å². The molecule has 0 spiro atoms. The first-order valence-electron chi connectivity index (χ1n) is 9.63. The van der Waals surface area contributed by atoms with Gasteiger partial charge in [0.25, 0.3) is 11.5 Å². The predicted octanol–water partition coefficient (Wildman–Crippen LogP) is 3.34. The topological polar surface area (TPSA) is 67.6 Å². The van der Waals surface area contributed by atoms with Gasteiger partial charge >= 0.3 is 0 Å². The Kier molecular flexibility index (Phi) is 4.09. The Morgan fingerprint density at radius 1 is 0.903 bits per heavy atom. The molecule has 0 N–H and O–H groups in total. The molecule has 2 aromatic carbocycles. The summed E-state index contributed by atoms with van der Waals surface area (Å²) in [7, 11) is 0. The molecule has 0 unspecified atom stereocenters. The van der Waals surface area contributed by atoms with Crippen molar-refractivity contribution < 1.29 is 4.79 Å². The Morgan fingerprint density at radius 3 is 2.48 bits per heavy atom. The van der Waals surface area contributed by atoms with Crippen molar-refractivity contribution in [1.82, 2.24) is 14.6 Å².